The molecule has 3 rings (SSSR count). The van der Waals surface area contributed by atoms with Crippen LogP contribution in [0.4, 0.5) is 11.4 Å². The molecule has 1 saturated heterocycles. The number of carbonyl (C=O) groups excluding carboxylic acids is 1. The van der Waals surface area contributed by atoms with E-state index >= 15 is 0 Å². The maximum Gasteiger partial charge on any atom is 0.271 e. The molecule has 1 N–H and O–H groups in total. The van der Waals surface area contributed by atoms with E-state index in [4.69, 9.17) is 4.52 Å². The van der Waals surface area contributed by atoms with Crippen LogP contribution in [-0.4, -0.2) is 58.5 Å². The second kappa shape index (κ2) is 8.94. The number of piperazine rings is 1. The molecule has 150 valence electrons. The Labute approximate surface area is 163 Å². The Morgan fingerprint density at radius 3 is 2.57 bits per heavy atom. The number of amides is 1. The van der Waals surface area contributed by atoms with E-state index in [1.54, 1.807) is 6.07 Å². The third kappa shape index (κ3) is 5.37. The summed E-state index contributed by atoms with van der Waals surface area (Å²) in [5, 5.41) is 17.6. The summed E-state index contributed by atoms with van der Waals surface area (Å²) in [5.74, 6) is 0.737. The summed E-state index contributed by atoms with van der Waals surface area (Å²) in [4.78, 5) is 27.3. The molecule has 0 radical (unpaired) electrons. The van der Waals surface area contributed by atoms with Crippen LogP contribution in [0.25, 0.3) is 0 Å². The highest BCUT2D eigenvalue weighted by atomic mass is 16.6. The molecule has 0 atom stereocenters. The Balaban J connectivity index is 1.42. The van der Waals surface area contributed by atoms with Gasteiger partial charge in [-0.15, -0.1) is 0 Å². The fourth-order valence-electron chi connectivity index (χ4n) is 3.21. The third-order valence-electron chi connectivity index (χ3n) is 4.88. The molecule has 9 heteroatoms. The minimum atomic E-state index is -0.464. The Morgan fingerprint density at radius 2 is 1.93 bits per heavy atom. The molecule has 2 aromatic rings. The van der Waals surface area contributed by atoms with E-state index in [2.05, 4.69) is 20.3 Å². The summed E-state index contributed by atoms with van der Waals surface area (Å²) in [6.07, 6.45) is 0.351. The normalized spacial score (nSPS) is 15.5. The molecule has 28 heavy (non-hydrogen) atoms. The Hall–Kier alpha value is -2.78. The first-order chi connectivity index (χ1) is 13.4. The van der Waals surface area contributed by atoms with Crippen LogP contribution >= 0.6 is 0 Å². The van der Waals surface area contributed by atoms with Crippen molar-refractivity contribution >= 4 is 17.3 Å². The summed E-state index contributed by atoms with van der Waals surface area (Å²) in [7, 11) is 0. The molecule has 0 unspecified atom stereocenters. The summed E-state index contributed by atoms with van der Waals surface area (Å²) in [6.45, 7) is 8.72. The highest BCUT2D eigenvalue weighted by molar-refractivity contribution is 5.92. The average molecular weight is 387 g/mol. The second-order valence-corrected chi connectivity index (χ2v) is 7.11. The molecule has 1 fully saturated rings. The number of benzene rings is 1. The molecule has 9 nitrogen and oxygen atoms in total. The fraction of sp³-hybridized carbons (Fsp3) is 0.474. The Morgan fingerprint density at radius 1 is 1.21 bits per heavy atom. The van der Waals surface area contributed by atoms with Crippen LogP contribution in [0, 0.1) is 24.0 Å². The zero-order chi connectivity index (χ0) is 20.1. The predicted molar refractivity (Wildman–Crippen MR) is 104 cm³/mol. The molecule has 1 aromatic carbocycles. The molecular weight excluding hydrogens is 362 g/mol. The first-order valence-corrected chi connectivity index (χ1v) is 9.32. The monoisotopic (exact) mass is 387 g/mol. The van der Waals surface area contributed by atoms with Gasteiger partial charge in [-0.25, -0.2) is 0 Å². The molecule has 2 heterocycles. The largest absolute Gasteiger partial charge is 0.360 e. The highest BCUT2D eigenvalue weighted by Gasteiger charge is 2.19. The lowest BCUT2D eigenvalue weighted by molar-refractivity contribution is -0.384. The number of non-ortho nitro benzene ring substituents is 1. The third-order valence-corrected chi connectivity index (χ3v) is 4.88. The summed E-state index contributed by atoms with van der Waals surface area (Å²) in [5.41, 5.74) is 2.15. The molecule has 1 aromatic heterocycles. The molecular formula is C19H25N5O4. The quantitative estimate of drug-likeness (QED) is 0.574. The van der Waals surface area contributed by atoms with Gasteiger partial charge in [-0.05, 0) is 19.4 Å². The van der Waals surface area contributed by atoms with Gasteiger partial charge in [-0.1, -0.05) is 11.2 Å². The zero-order valence-electron chi connectivity index (χ0n) is 16.2. The molecule has 1 aliphatic heterocycles. The zero-order valence-corrected chi connectivity index (χ0v) is 16.2. The van der Waals surface area contributed by atoms with Crippen LogP contribution in [0.5, 0.6) is 0 Å². The lowest BCUT2D eigenvalue weighted by Crippen LogP contribution is -2.46. The minimum Gasteiger partial charge on any atom is -0.360 e. The Bertz CT molecular complexity index is 843. The van der Waals surface area contributed by atoms with Crippen molar-refractivity contribution < 1.29 is 14.2 Å². The van der Waals surface area contributed by atoms with Crippen LogP contribution in [0.2, 0.25) is 0 Å². The van der Waals surface area contributed by atoms with E-state index in [-0.39, 0.29) is 11.6 Å². The van der Waals surface area contributed by atoms with Crippen molar-refractivity contribution in [3.05, 3.63) is 51.4 Å². The second-order valence-electron chi connectivity index (χ2n) is 7.11. The standard InChI is InChI=1S/C19H25N5O4/c1-14-3-4-16(24(26)27)12-18(14)20-19(25)5-6-22-7-9-23(10-8-22)13-17-11-15(2)21-28-17/h3-4,11-12H,5-10,13H2,1-2H3,(H,20,25). The van der Waals surface area contributed by atoms with Gasteiger partial charge < -0.3 is 14.7 Å². The van der Waals surface area contributed by atoms with Gasteiger partial charge in [0.05, 0.1) is 22.8 Å². The fourth-order valence-corrected chi connectivity index (χ4v) is 3.21. The van der Waals surface area contributed by atoms with Crippen molar-refractivity contribution in [1.82, 2.24) is 15.0 Å². The van der Waals surface area contributed by atoms with Crippen molar-refractivity contribution in [2.45, 2.75) is 26.8 Å². The van der Waals surface area contributed by atoms with Crippen LogP contribution in [0.3, 0.4) is 0 Å². The van der Waals surface area contributed by atoms with Crippen LogP contribution in [0.15, 0.2) is 28.8 Å². The number of nitrogens with one attached hydrogen (secondary N) is 1. The van der Waals surface area contributed by atoms with Crippen LogP contribution in [0.1, 0.15) is 23.4 Å². The van der Waals surface area contributed by atoms with E-state index in [0.717, 1.165) is 49.7 Å². The number of anilines is 1. The molecule has 0 aliphatic carbocycles. The van der Waals surface area contributed by atoms with Crippen LogP contribution < -0.4 is 5.32 Å². The van der Waals surface area contributed by atoms with Crippen molar-refractivity contribution in [1.29, 1.82) is 0 Å². The first-order valence-electron chi connectivity index (χ1n) is 9.32. The van der Waals surface area contributed by atoms with Gasteiger partial charge in [0.1, 0.15) is 0 Å². The van der Waals surface area contributed by atoms with Crippen molar-refractivity contribution in [3.8, 4) is 0 Å². The maximum absolute atomic E-state index is 12.3. The van der Waals surface area contributed by atoms with Crippen molar-refractivity contribution in [2.75, 3.05) is 38.0 Å². The summed E-state index contributed by atoms with van der Waals surface area (Å²) >= 11 is 0. The highest BCUT2D eigenvalue weighted by Crippen LogP contribution is 2.22. The number of rotatable bonds is 7. The molecule has 0 spiro atoms. The summed E-state index contributed by atoms with van der Waals surface area (Å²) in [6, 6.07) is 6.43. The van der Waals surface area contributed by atoms with Crippen molar-refractivity contribution in [3.63, 3.8) is 0 Å². The number of nitro groups is 1. The molecule has 1 amide bonds. The minimum absolute atomic E-state index is 0.0287. The van der Waals surface area contributed by atoms with Gasteiger partial charge in [0, 0.05) is 57.3 Å². The van der Waals surface area contributed by atoms with E-state index in [1.807, 2.05) is 19.9 Å². The van der Waals surface area contributed by atoms with Crippen LogP contribution in [-0.2, 0) is 11.3 Å². The van der Waals surface area contributed by atoms with E-state index in [0.29, 0.717) is 18.7 Å². The number of hydrogen-bond acceptors (Lipinski definition) is 7. The predicted octanol–water partition coefficient (Wildman–Crippen LogP) is 2.35. The Kier molecular flexibility index (Phi) is 6.37. The van der Waals surface area contributed by atoms with Crippen molar-refractivity contribution in [2.24, 2.45) is 0 Å². The summed E-state index contributed by atoms with van der Waals surface area (Å²) < 4.78 is 5.26. The average Bonchev–Trinajstić information content (AvgIpc) is 3.07. The lowest BCUT2D eigenvalue weighted by atomic mass is 10.1. The number of nitrogens with zero attached hydrogens (tertiary/aromatic N) is 4. The number of aryl methyl sites for hydroxylation is 2. The number of hydrogen-bond donors (Lipinski definition) is 1. The van der Waals surface area contributed by atoms with E-state index < -0.39 is 4.92 Å². The van der Waals surface area contributed by atoms with Gasteiger partial charge in [0.15, 0.2) is 5.76 Å². The molecule has 1 aliphatic rings. The molecule has 0 saturated carbocycles. The van der Waals surface area contributed by atoms with E-state index in [9.17, 15) is 14.9 Å². The van der Waals surface area contributed by atoms with E-state index in [1.165, 1.54) is 12.1 Å². The topological polar surface area (TPSA) is 105 Å². The van der Waals surface area contributed by atoms with Gasteiger partial charge in [-0.3, -0.25) is 19.8 Å². The lowest BCUT2D eigenvalue weighted by Gasteiger charge is -2.33. The number of nitro benzene ring substituents is 1. The number of carbonyl (C=O) groups is 1. The first kappa shape index (κ1) is 20.0. The van der Waals surface area contributed by atoms with Gasteiger partial charge in [0.2, 0.25) is 5.91 Å². The number of aromatic nitrogens is 1. The molecule has 0 bridgehead atoms. The van der Waals surface area contributed by atoms with Gasteiger partial charge in [-0.2, -0.15) is 0 Å². The van der Waals surface area contributed by atoms with Gasteiger partial charge >= 0.3 is 0 Å². The van der Waals surface area contributed by atoms with Gasteiger partial charge in [0.25, 0.3) is 5.69 Å². The SMILES string of the molecule is Cc1cc(CN2CCN(CCC(=O)Nc3cc([N+](=O)[O-])ccc3C)CC2)on1. The maximum atomic E-state index is 12.3. The smallest absolute Gasteiger partial charge is 0.271 e.